The molecule has 0 saturated carbocycles. The molecule has 1 aromatic carbocycles. The van der Waals surface area contributed by atoms with Gasteiger partial charge in [0, 0.05) is 18.1 Å². The Kier molecular flexibility index (Phi) is 6.49. The van der Waals surface area contributed by atoms with Crippen molar-refractivity contribution in [2.45, 2.75) is 25.8 Å². The SMILES string of the molecule is CCC(NC(=O)CN1CCCNCC1)c1ccc(Cl)cc1. The van der Waals surface area contributed by atoms with Gasteiger partial charge in [0.05, 0.1) is 12.6 Å². The van der Waals surface area contributed by atoms with E-state index in [9.17, 15) is 4.79 Å². The fourth-order valence-corrected chi connectivity index (χ4v) is 2.74. The van der Waals surface area contributed by atoms with Gasteiger partial charge in [0.25, 0.3) is 0 Å². The molecule has 1 amide bonds. The predicted molar refractivity (Wildman–Crippen MR) is 86.6 cm³/mol. The molecular weight excluding hydrogens is 286 g/mol. The zero-order chi connectivity index (χ0) is 15.1. The minimum atomic E-state index is 0.0554. The summed E-state index contributed by atoms with van der Waals surface area (Å²) in [5.74, 6) is 0.0960. The summed E-state index contributed by atoms with van der Waals surface area (Å²) in [6, 6.07) is 7.75. The molecule has 1 aromatic rings. The average Bonchev–Trinajstić information content (AvgIpc) is 2.74. The van der Waals surface area contributed by atoms with Crippen LogP contribution in [0, 0.1) is 0 Å². The third-order valence-corrected chi connectivity index (χ3v) is 4.07. The quantitative estimate of drug-likeness (QED) is 0.876. The Morgan fingerprint density at radius 3 is 2.81 bits per heavy atom. The van der Waals surface area contributed by atoms with Crippen LogP contribution in [0.25, 0.3) is 0 Å². The number of carbonyl (C=O) groups is 1. The van der Waals surface area contributed by atoms with E-state index in [0.29, 0.717) is 6.54 Å². The Bertz CT molecular complexity index is 441. The highest BCUT2D eigenvalue weighted by molar-refractivity contribution is 6.30. The van der Waals surface area contributed by atoms with Crippen molar-refractivity contribution in [2.75, 3.05) is 32.7 Å². The third kappa shape index (κ3) is 5.30. The molecule has 0 radical (unpaired) electrons. The molecule has 1 heterocycles. The van der Waals surface area contributed by atoms with Gasteiger partial charge in [-0.1, -0.05) is 30.7 Å². The van der Waals surface area contributed by atoms with E-state index in [-0.39, 0.29) is 11.9 Å². The van der Waals surface area contributed by atoms with Crippen LogP contribution in [-0.2, 0) is 4.79 Å². The number of nitrogens with one attached hydrogen (secondary N) is 2. The van der Waals surface area contributed by atoms with Crippen LogP contribution in [0.5, 0.6) is 0 Å². The number of carbonyl (C=O) groups excluding carboxylic acids is 1. The molecule has 0 aromatic heterocycles. The minimum Gasteiger partial charge on any atom is -0.348 e. The van der Waals surface area contributed by atoms with Gasteiger partial charge in [-0.15, -0.1) is 0 Å². The smallest absolute Gasteiger partial charge is 0.234 e. The lowest BCUT2D eigenvalue weighted by atomic mass is 10.0. The second kappa shape index (κ2) is 8.37. The van der Waals surface area contributed by atoms with Crippen LogP contribution in [0.4, 0.5) is 0 Å². The molecule has 21 heavy (non-hydrogen) atoms. The first-order chi connectivity index (χ1) is 10.2. The van der Waals surface area contributed by atoms with Crippen LogP contribution in [0.2, 0.25) is 5.02 Å². The number of hydrogen-bond acceptors (Lipinski definition) is 3. The molecule has 0 spiro atoms. The summed E-state index contributed by atoms with van der Waals surface area (Å²) in [6.07, 6.45) is 1.97. The van der Waals surface area contributed by atoms with E-state index in [4.69, 9.17) is 11.6 Å². The highest BCUT2D eigenvalue weighted by Gasteiger charge is 2.16. The van der Waals surface area contributed by atoms with Gasteiger partial charge < -0.3 is 10.6 Å². The van der Waals surface area contributed by atoms with Gasteiger partial charge in [-0.05, 0) is 43.6 Å². The Morgan fingerprint density at radius 1 is 1.33 bits per heavy atom. The zero-order valence-corrected chi connectivity index (χ0v) is 13.3. The maximum absolute atomic E-state index is 12.2. The number of benzene rings is 1. The van der Waals surface area contributed by atoms with Crippen LogP contribution in [0.1, 0.15) is 31.4 Å². The summed E-state index contributed by atoms with van der Waals surface area (Å²) < 4.78 is 0. The van der Waals surface area contributed by atoms with E-state index in [0.717, 1.165) is 49.6 Å². The Balaban J connectivity index is 1.88. The maximum Gasteiger partial charge on any atom is 0.234 e. The van der Waals surface area contributed by atoms with Gasteiger partial charge in [-0.25, -0.2) is 0 Å². The predicted octanol–water partition coefficient (Wildman–Crippen LogP) is 2.20. The van der Waals surface area contributed by atoms with Crippen LogP contribution < -0.4 is 10.6 Å². The van der Waals surface area contributed by atoms with Crippen molar-refractivity contribution in [3.63, 3.8) is 0 Å². The van der Waals surface area contributed by atoms with Gasteiger partial charge >= 0.3 is 0 Å². The van der Waals surface area contributed by atoms with Crippen molar-refractivity contribution < 1.29 is 4.79 Å². The Labute approximate surface area is 131 Å². The molecule has 1 saturated heterocycles. The topological polar surface area (TPSA) is 44.4 Å². The summed E-state index contributed by atoms with van der Waals surface area (Å²) in [4.78, 5) is 14.4. The molecule has 5 heteroatoms. The lowest BCUT2D eigenvalue weighted by molar-refractivity contribution is -0.123. The monoisotopic (exact) mass is 309 g/mol. The highest BCUT2D eigenvalue weighted by atomic mass is 35.5. The molecule has 0 aliphatic carbocycles. The van der Waals surface area contributed by atoms with Crippen LogP contribution >= 0.6 is 11.6 Å². The van der Waals surface area contributed by atoms with E-state index in [1.807, 2.05) is 24.3 Å². The summed E-state index contributed by atoms with van der Waals surface area (Å²) in [7, 11) is 0. The lowest BCUT2D eigenvalue weighted by Crippen LogP contribution is -2.40. The van der Waals surface area contributed by atoms with Gasteiger partial charge in [0.2, 0.25) is 5.91 Å². The standard InChI is InChI=1S/C16H24ClN3O/c1-2-15(13-4-6-14(17)7-5-13)19-16(21)12-20-10-3-8-18-9-11-20/h4-7,15,18H,2-3,8-12H2,1H3,(H,19,21). The van der Waals surface area contributed by atoms with Crippen molar-refractivity contribution >= 4 is 17.5 Å². The van der Waals surface area contributed by atoms with Gasteiger partial charge in [-0.2, -0.15) is 0 Å². The minimum absolute atomic E-state index is 0.0554. The van der Waals surface area contributed by atoms with Crippen LogP contribution in [0.15, 0.2) is 24.3 Å². The second-order valence-corrected chi connectivity index (χ2v) is 5.90. The van der Waals surface area contributed by atoms with Crippen molar-refractivity contribution in [3.8, 4) is 0 Å². The molecule has 1 aliphatic rings. The van der Waals surface area contributed by atoms with Crippen molar-refractivity contribution in [2.24, 2.45) is 0 Å². The maximum atomic E-state index is 12.2. The molecule has 4 nitrogen and oxygen atoms in total. The number of rotatable bonds is 5. The number of nitrogens with zero attached hydrogens (tertiary/aromatic N) is 1. The van der Waals surface area contributed by atoms with Crippen LogP contribution in [-0.4, -0.2) is 43.5 Å². The molecule has 116 valence electrons. The fourth-order valence-electron chi connectivity index (χ4n) is 2.62. The summed E-state index contributed by atoms with van der Waals surface area (Å²) in [5, 5.41) is 7.19. The first-order valence-electron chi connectivity index (χ1n) is 7.67. The summed E-state index contributed by atoms with van der Waals surface area (Å²) in [5.41, 5.74) is 1.10. The largest absolute Gasteiger partial charge is 0.348 e. The zero-order valence-electron chi connectivity index (χ0n) is 12.6. The highest BCUT2D eigenvalue weighted by Crippen LogP contribution is 2.19. The normalized spacial score (nSPS) is 18.0. The Hall–Kier alpha value is -1.10. The van der Waals surface area contributed by atoms with Gasteiger partial charge in [0.15, 0.2) is 0 Å². The number of amides is 1. The lowest BCUT2D eigenvalue weighted by Gasteiger charge is -2.22. The molecule has 2 rings (SSSR count). The van der Waals surface area contributed by atoms with E-state index in [1.54, 1.807) is 0 Å². The second-order valence-electron chi connectivity index (χ2n) is 5.46. The first-order valence-corrected chi connectivity index (χ1v) is 8.04. The van der Waals surface area contributed by atoms with E-state index >= 15 is 0 Å². The molecule has 1 unspecified atom stereocenters. The fraction of sp³-hybridized carbons (Fsp3) is 0.562. The Morgan fingerprint density at radius 2 is 2.10 bits per heavy atom. The molecule has 1 atom stereocenters. The van der Waals surface area contributed by atoms with Gasteiger partial charge in [-0.3, -0.25) is 9.69 Å². The van der Waals surface area contributed by atoms with Crippen LogP contribution in [0.3, 0.4) is 0 Å². The first kappa shape index (κ1) is 16.3. The van der Waals surface area contributed by atoms with E-state index < -0.39 is 0 Å². The molecular formula is C16H24ClN3O. The molecule has 1 fully saturated rings. The molecule has 2 N–H and O–H groups in total. The average molecular weight is 310 g/mol. The van der Waals surface area contributed by atoms with Crippen molar-refractivity contribution in [3.05, 3.63) is 34.9 Å². The molecule has 1 aliphatic heterocycles. The summed E-state index contributed by atoms with van der Waals surface area (Å²) >= 11 is 5.91. The van der Waals surface area contributed by atoms with Gasteiger partial charge in [0.1, 0.15) is 0 Å². The number of halogens is 1. The van der Waals surface area contributed by atoms with E-state index in [1.165, 1.54) is 0 Å². The van der Waals surface area contributed by atoms with E-state index in [2.05, 4.69) is 22.5 Å². The van der Waals surface area contributed by atoms with Crippen molar-refractivity contribution in [1.82, 2.24) is 15.5 Å². The molecule has 0 bridgehead atoms. The third-order valence-electron chi connectivity index (χ3n) is 3.82. The summed E-state index contributed by atoms with van der Waals surface area (Å²) in [6.45, 7) is 6.48. The number of hydrogen-bond donors (Lipinski definition) is 2. The van der Waals surface area contributed by atoms with Crippen molar-refractivity contribution in [1.29, 1.82) is 0 Å².